The van der Waals surface area contributed by atoms with Crippen molar-refractivity contribution in [3.63, 3.8) is 0 Å². The minimum Gasteiger partial charge on any atom is -0.305 e. The highest BCUT2D eigenvalue weighted by Gasteiger charge is 2.57. The lowest BCUT2D eigenvalue weighted by atomic mass is 9.53. The van der Waals surface area contributed by atoms with E-state index in [1.165, 1.54) is 0 Å². The Morgan fingerprint density at radius 1 is 1.04 bits per heavy atom. The lowest BCUT2D eigenvalue weighted by Crippen LogP contribution is -2.48. The zero-order valence-electron chi connectivity index (χ0n) is 16.1. The van der Waals surface area contributed by atoms with Crippen LogP contribution in [0.1, 0.15) is 53.9 Å². The standard InChI is InChI=1S/C23H24N4/c1-14-9-15(2)20(16(3)10-14)21-18-8-6-4-5-7-17(18)19(11-24)22(27)23(21,12-25)13-26/h7,9-10,18-19,21,27H,4-6,8H2,1-3H3/t18-,19+,21+/m0/s1. The van der Waals surface area contributed by atoms with Gasteiger partial charge in [-0.15, -0.1) is 0 Å². The molecule has 0 amide bonds. The molecular weight excluding hydrogens is 332 g/mol. The zero-order chi connectivity index (χ0) is 19.8. The normalized spacial score (nSPS) is 26.6. The number of fused-ring (bicyclic) bond motifs is 1. The minimum absolute atomic E-state index is 0.0503. The van der Waals surface area contributed by atoms with Crippen molar-refractivity contribution >= 4 is 5.71 Å². The van der Waals surface area contributed by atoms with Gasteiger partial charge >= 0.3 is 0 Å². The van der Waals surface area contributed by atoms with E-state index in [1.807, 2.05) is 20.8 Å². The predicted octanol–water partition coefficient (Wildman–Crippen LogP) is 5.02. The summed E-state index contributed by atoms with van der Waals surface area (Å²) in [6.07, 6.45) is 5.88. The van der Waals surface area contributed by atoms with Gasteiger partial charge in [0.25, 0.3) is 0 Å². The molecule has 4 nitrogen and oxygen atoms in total. The van der Waals surface area contributed by atoms with Gasteiger partial charge in [0, 0.05) is 5.92 Å². The van der Waals surface area contributed by atoms with E-state index < -0.39 is 17.3 Å². The summed E-state index contributed by atoms with van der Waals surface area (Å²) in [4.78, 5) is 0. The first-order valence-corrected chi connectivity index (χ1v) is 9.50. The summed E-state index contributed by atoms with van der Waals surface area (Å²) in [6, 6.07) is 10.8. The molecule has 0 aliphatic heterocycles. The third kappa shape index (κ3) is 2.75. The van der Waals surface area contributed by atoms with Crippen molar-refractivity contribution in [2.24, 2.45) is 17.3 Å². The molecule has 1 N–H and O–H groups in total. The lowest BCUT2D eigenvalue weighted by Gasteiger charge is -2.45. The third-order valence-corrected chi connectivity index (χ3v) is 6.22. The van der Waals surface area contributed by atoms with E-state index in [0.29, 0.717) is 0 Å². The Kier molecular flexibility index (Phi) is 4.91. The van der Waals surface area contributed by atoms with Crippen molar-refractivity contribution in [2.45, 2.75) is 52.4 Å². The number of aryl methyl sites for hydroxylation is 3. The molecule has 0 bridgehead atoms. The second kappa shape index (κ2) is 7.02. The van der Waals surface area contributed by atoms with Gasteiger partial charge in [-0.1, -0.05) is 30.2 Å². The van der Waals surface area contributed by atoms with Crippen LogP contribution in [0, 0.1) is 77.4 Å². The quantitative estimate of drug-likeness (QED) is 0.716. The number of allylic oxidation sites excluding steroid dienone is 2. The van der Waals surface area contributed by atoms with Crippen LogP contribution in [-0.4, -0.2) is 5.71 Å². The fraction of sp³-hybridized carbons (Fsp3) is 0.478. The number of rotatable bonds is 1. The van der Waals surface area contributed by atoms with Gasteiger partial charge in [0.2, 0.25) is 0 Å². The van der Waals surface area contributed by atoms with Crippen molar-refractivity contribution in [3.05, 3.63) is 46.0 Å². The molecule has 0 radical (unpaired) electrons. The molecule has 0 aromatic heterocycles. The first-order valence-electron chi connectivity index (χ1n) is 9.50. The smallest absolute Gasteiger partial charge is 0.189 e. The van der Waals surface area contributed by atoms with Gasteiger partial charge in [-0.2, -0.15) is 15.8 Å². The van der Waals surface area contributed by atoms with Crippen LogP contribution in [0.2, 0.25) is 0 Å². The lowest BCUT2D eigenvalue weighted by molar-refractivity contribution is 0.333. The largest absolute Gasteiger partial charge is 0.305 e. The van der Waals surface area contributed by atoms with Crippen LogP contribution < -0.4 is 0 Å². The van der Waals surface area contributed by atoms with Crippen molar-refractivity contribution in [1.29, 1.82) is 21.2 Å². The van der Waals surface area contributed by atoms with Gasteiger partial charge in [0.15, 0.2) is 5.41 Å². The number of nitrogens with one attached hydrogen (secondary N) is 1. The first kappa shape index (κ1) is 18.9. The highest BCUT2D eigenvalue weighted by molar-refractivity contribution is 6.00. The Morgan fingerprint density at radius 3 is 2.22 bits per heavy atom. The number of hydrogen-bond acceptors (Lipinski definition) is 4. The van der Waals surface area contributed by atoms with E-state index in [-0.39, 0.29) is 11.6 Å². The Balaban J connectivity index is 2.35. The summed E-state index contributed by atoms with van der Waals surface area (Å²) in [5.41, 5.74) is 3.55. The average Bonchev–Trinajstić information content (AvgIpc) is 2.87. The molecule has 0 saturated heterocycles. The third-order valence-electron chi connectivity index (χ3n) is 6.22. The van der Waals surface area contributed by atoms with Gasteiger partial charge in [0.1, 0.15) is 5.92 Å². The number of benzene rings is 1. The highest BCUT2D eigenvalue weighted by Crippen LogP contribution is 2.55. The number of nitriles is 3. The van der Waals surface area contributed by atoms with Crippen LogP contribution in [0.4, 0.5) is 0 Å². The summed E-state index contributed by atoms with van der Waals surface area (Å²) in [7, 11) is 0. The van der Waals surface area contributed by atoms with Gasteiger partial charge < -0.3 is 5.41 Å². The molecule has 1 aromatic rings. The summed E-state index contributed by atoms with van der Waals surface area (Å²) in [6.45, 7) is 6.08. The maximum atomic E-state index is 10.1. The van der Waals surface area contributed by atoms with Crippen molar-refractivity contribution in [1.82, 2.24) is 0 Å². The fourth-order valence-corrected chi connectivity index (χ4v) is 5.17. The maximum Gasteiger partial charge on any atom is 0.189 e. The molecule has 4 heteroatoms. The van der Waals surface area contributed by atoms with Crippen molar-refractivity contribution in [3.8, 4) is 18.2 Å². The molecule has 0 heterocycles. The van der Waals surface area contributed by atoms with E-state index in [1.54, 1.807) is 0 Å². The molecule has 136 valence electrons. The van der Waals surface area contributed by atoms with E-state index >= 15 is 0 Å². The molecule has 1 aromatic carbocycles. The molecule has 3 rings (SSSR count). The van der Waals surface area contributed by atoms with Gasteiger partial charge in [0.05, 0.1) is 23.9 Å². The van der Waals surface area contributed by atoms with Crippen LogP contribution in [0.5, 0.6) is 0 Å². The molecule has 27 heavy (non-hydrogen) atoms. The zero-order valence-corrected chi connectivity index (χ0v) is 16.1. The van der Waals surface area contributed by atoms with Crippen LogP contribution >= 0.6 is 0 Å². The molecule has 0 spiro atoms. The van der Waals surface area contributed by atoms with Gasteiger partial charge in [-0.3, -0.25) is 0 Å². The second-order valence-corrected chi connectivity index (χ2v) is 7.89. The van der Waals surface area contributed by atoms with Crippen molar-refractivity contribution < 1.29 is 0 Å². The molecule has 1 saturated carbocycles. The monoisotopic (exact) mass is 356 g/mol. The van der Waals surface area contributed by atoms with Crippen LogP contribution in [0.3, 0.4) is 0 Å². The molecule has 2 aliphatic rings. The summed E-state index contributed by atoms with van der Waals surface area (Å²) < 4.78 is 0. The van der Waals surface area contributed by atoms with Gasteiger partial charge in [-0.25, -0.2) is 0 Å². The first-order chi connectivity index (χ1) is 12.9. The predicted molar refractivity (Wildman–Crippen MR) is 104 cm³/mol. The Bertz CT molecular complexity index is 911. The van der Waals surface area contributed by atoms with Crippen LogP contribution in [0.15, 0.2) is 23.8 Å². The van der Waals surface area contributed by atoms with E-state index in [4.69, 9.17) is 5.41 Å². The second-order valence-electron chi connectivity index (χ2n) is 7.89. The summed E-state index contributed by atoms with van der Waals surface area (Å²) in [5.74, 6) is -1.23. The molecule has 3 atom stereocenters. The number of hydrogen-bond donors (Lipinski definition) is 1. The molecule has 0 unspecified atom stereocenters. The fourth-order valence-electron chi connectivity index (χ4n) is 5.17. The molecule has 1 fully saturated rings. The Labute approximate surface area is 161 Å². The molecule has 2 aliphatic carbocycles. The van der Waals surface area contributed by atoms with Gasteiger partial charge in [-0.05, 0) is 68.2 Å². The Morgan fingerprint density at radius 2 is 1.67 bits per heavy atom. The van der Waals surface area contributed by atoms with Crippen LogP contribution in [0.25, 0.3) is 0 Å². The Hall–Kier alpha value is -2.90. The SMILES string of the molecule is Cc1cc(C)c([C@H]2[C@H]3CCCCC=C3[C@@H](C#N)C(=N)C2(C#N)C#N)c(C)c1. The van der Waals surface area contributed by atoms with E-state index in [0.717, 1.165) is 53.5 Å². The van der Waals surface area contributed by atoms with Crippen molar-refractivity contribution in [2.75, 3.05) is 0 Å². The van der Waals surface area contributed by atoms with Crippen LogP contribution in [-0.2, 0) is 0 Å². The number of nitrogens with zero attached hydrogens (tertiary/aromatic N) is 3. The highest BCUT2D eigenvalue weighted by atomic mass is 14.7. The van der Waals surface area contributed by atoms with E-state index in [2.05, 4.69) is 36.4 Å². The topological polar surface area (TPSA) is 95.2 Å². The molecular formula is C23H24N4. The summed E-state index contributed by atoms with van der Waals surface area (Å²) >= 11 is 0. The average molecular weight is 356 g/mol. The van der Waals surface area contributed by atoms with E-state index in [9.17, 15) is 15.8 Å². The minimum atomic E-state index is -1.60. The maximum absolute atomic E-state index is 10.1. The summed E-state index contributed by atoms with van der Waals surface area (Å²) in [5, 5.41) is 38.7.